The summed E-state index contributed by atoms with van der Waals surface area (Å²) in [6.07, 6.45) is 0.273. The van der Waals surface area contributed by atoms with Crippen molar-refractivity contribution in [2.75, 3.05) is 34.3 Å². The van der Waals surface area contributed by atoms with Crippen LogP contribution in [-0.4, -0.2) is 63.9 Å². The van der Waals surface area contributed by atoms with E-state index in [2.05, 4.69) is 18.6 Å². The van der Waals surface area contributed by atoms with Crippen molar-refractivity contribution < 1.29 is 17.9 Å². The summed E-state index contributed by atoms with van der Waals surface area (Å²) < 4.78 is 33.5. The molecule has 0 bridgehead atoms. The van der Waals surface area contributed by atoms with E-state index in [4.69, 9.17) is 4.74 Å². The fraction of sp³-hybridized carbons (Fsp3) is 0.611. The van der Waals surface area contributed by atoms with Gasteiger partial charge in [0, 0.05) is 33.2 Å². The van der Waals surface area contributed by atoms with Gasteiger partial charge >= 0.3 is 0 Å². The highest BCUT2D eigenvalue weighted by atomic mass is 32.2. The van der Waals surface area contributed by atoms with Crippen molar-refractivity contribution in [2.24, 2.45) is 11.8 Å². The lowest BCUT2D eigenvalue weighted by Crippen LogP contribution is -2.46. The van der Waals surface area contributed by atoms with Crippen LogP contribution in [0.4, 0.5) is 0 Å². The van der Waals surface area contributed by atoms with Crippen molar-refractivity contribution in [3.63, 3.8) is 0 Å². The summed E-state index contributed by atoms with van der Waals surface area (Å²) in [6, 6.07) is 7.15. The Morgan fingerprint density at radius 2 is 2.04 bits per heavy atom. The molecule has 1 aromatic carbocycles. The predicted molar refractivity (Wildman–Crippen MR) is 101 cm³/mol. The zero-order valence-corrected chi connectivity index (χ0v) is 16.9. The van der Waals surface area contributed by atoms with Crippen LogP contribution < -0.4 is 9.46 Å². The Balaban J connectivity index is 2.09. The maximum Gasteiger partial charge on any atom is 0.279 e. The van der Waals surface area contributed by atoms with Gasteiger partial charge in [0.1, 0.15) is 5.75 Å². The van der Waals surface area contributed by atoms with Crippen molar-refractivity contribution >= 4 is 16.1 Å². The Labute approximate surface area is 156 Å². The molecule has 1 N–H and O–H groups in total. The Bertz CT molecular complexity index is 734. The number of methoxy groups -OCH3 is 1. The Morgan fingerprint density at radius 1 is 1.35 bits per heavy atom. The minimum Gasteiger partial charge on any atom is -0.497 e. The third kappa shape index (κ3) is 4.96. The molecule has 1 aliphatic rings. The number of ether oxygens (including phenoxy) is 1. The van der Waals surface area contributed by atoms with E-state index in [1.165, 1.54) is 14.1 Å². The number of benzene rings is 1. The van der Waals surface area contributed by atoms with Crippen molar-refractivity contribution in [1.82, 2.24) is 13.9 Å². The number of likely N-dealkylation sites (tertiary alicyclic amines) is 1. The van der Waals surface area contributed by atoms with Gasteiger partial charge in [-0.25, -0.2) is 0 Å². The molecule has 0 radical (unpaired) electrons. The molecule has 146 valence electrons. The molecule has 2 unspecified atom stereocenters. The lowest BCUT2D eigenvalue weighted by Gasteiger charge is -2.24. The van der Waals surface area contributed by atoms with Gasteiger partial charge in [0.2, 0.25) is 5.91 Å². The summed E-state index contributed by atoms with van der Waals surface area (Å²) in [4.78, 5) is 14.5. The number of hydrogen-bond donors (Lipinski definition) is 1. The van der Waals surface area contributed by atoms with E-state index >= 15 is 0 Å². The smallest absolute Gasteiger partial charge is 0.279 e. The standard InChI is InChI=1S/C18H29N3O4S/c1-13(2)16-11-21(12-17(16)19-26(23,24)20(3)4)18(22)10-14-7-6-8-15(9-14)25-5/h6-9,13,16-17,19H,10-12H2,1-5H3. The minimum absolute atomic E-state index is 0.00421. The van der Waals surface area contributed by atoms with Crippen molar-refractivity contribution in [1.29, 1.82) is 0 Å². The monoisotopic (exact) mass is 383 g/mol. The third-order valence-electron chi connectivity index (χ3n) is 4.84. The highest BCUT2D eigenvalue weighted by Gasteiger charge is 2.39. The summed E-state index contributed by atoms with van der Waals surface area (Å²) in [6.45, 7) is 5.05. The normalized spacial score (nSPS) is 20.8. The summed E-state index contributed by atoms with van der Waals surface area (Å²) >= 11 is 0. The first-order valence-corrected chi connectivity index (χ1v) is 10.2. The van der Waals surface area contributed by atoms with Crippen LogP contribution in [0.25, 0.3) is 0 Å². The van der Waals surface area contributed by atoms with Gasteiger partial charge in [-0.1, -0.05) is 26.0 Å². The molecule has 1 heterocycles. The fourth-order valence-electron chi connectivity index (χ4n) is 3.20. The minimum atomic E-state index is -3.54. The van der Waals surface area contributed by atoms with Gasteiger partial charge in [0.15, 0.2) is 0 Å². The van der Waals surface area contributed by atoms with E-state index < -0.39 is 10.2 Å². The average molecular weight is 384 g/mol. The van der Waals surface area contributed by atoms with Gasteiger partial charge in [-0.15, -0.1) is 0 Å². The van der Waals surface area contributed by atoms with Crippen LogP contribution in [0.5, 0.6) is 5.75 Å². The first-order chi connectivity index (χ1) is 12.1. The lowest BCUT2D eigenvalue weighted by atomic mass is 9.92. The summed E-state index contributed by atoms with van der Waals surface area (Å²) in [5, 5.41) is 0. The second-order valence-corrected chi connectivity index (χ2v) is 9.16. The molecule has 1 fully saturated rings. The molecule has 0 aliphatic carbocycles. The van der Waals surface area contributed by atoms with E-state index in [9.17, 15) is 13.2 Å². The summed E-state index contributed by atoms with van der Waals surface area (Å²) in [5.74, 6) is 1.06. The van der Waals surface area contributed by atoms with Crippen LogP contribution in [0.15, 0.2) is 24.3 Å². The number of nitrogens with one attached hydrogen (secondary N) is 1. The molecule has 0 aromatic heterocycles. The Hall–Kier alpha value is -1.64. The molecular formula is C18H29N3O4S. The number of carbonyl (C=O) groups excluding carboxylic acids is 1. The molecule has 2 rings (SSSR count). The molecule has 1 aromatic rings. The van der Waals surface area contributed by atoms with Crippen LogP contribution in [0.1, 0.15) is 19.4 Å². The predicted octanol–water partition coefficient (Wildman–Crippen LogP) is 1.12. The number of rotatable bonds is 7. The van der Waals surface area contributed by atoms with E-state index in [1.807, 2.05) is 24.3 Å². The van der Waals surface area contributed by atoms with E-state index in [0.717, 1.165) is 9.87 Å². The van der Waals surface area contributed by atoms with Crippen LogP contribution in [-0.2, 0) is 21.4 Å². The van der Waals surface area contributed by atoms with Gasteiger partial charge in [0.05, 0.1) is 13.5 Å². The van der Waals surface area contributed by atoms with Crippen molar-refractivity contribution in [3.05, 3.63) is 29.8 Å². The first kappa shape index (κ1) is 20.7. The second-order valence-electron chi connectivity index (χ2n) is 7.25. The number of nitrogens with zero attached hydrogens (tertiary/aromatic N) is 2. The van der Waals surface area contributed by atoms with Crippen LogP contribution >= 0.6 is 0 Å². The van der Waals surface area contributed by atoms with Gasteiger partial charge in [-0.05, 0) is 29.5 Å². The quantitative estimate of drug-likeness (QED) is 0.765. The van der Waals surface area contributed by atoms with E-state index in [-0.39, 0.29) is 30.2 Å². The zero-order valence-electron chi connectivity index (χ0n) is 16.1. The molecule has 1 saturated heterocycles. The largest absolute Gasteiger partial charge is 0.497 e. The second kappa shape index (κ2) is 8.37. The summed E-state index contributed by atoms with van der Waals surface area (Å²) in [7, 11) is 1.04. The maximum atomic E-state index is 12.7. The Kier molecular flexibility index (Phi) is 6.65. The number of amides is 1. The molecule has 0 spiro atoms. The van der Waals surface area contributed by atoms with Gasteiger partial charge in [-0.3, -0.25) is 4.79 Å². The maximum absolute atomic E-state index is 12.7. The molecule has 7 nitrogen and oxygen atoms in total. The van der Waals surface area contributed by atoms with E-state index in [1.54, 1.807) is 12.0 Å². The van der Waals surface area contributed by atoms with Crippen LogP contribution in [0.3, 0.4) is 0 Å². The number of carbonyl (C=O) groups is 1. The van der Waals surface area contributed by atoms with Crippen LogP contribution in [0, 0.1) is 11.8 Å². The molecule has 8 heteroatoms. The highest BCUT2D eigenvalue weighted by Crippen LogP contribution is 2.26. The zero-order chi connectivity index (χ0) is 19.5. The molecule has 0 saturated carbocycles. The average Bonchev–Trinajstić information content (AvgIpc) is 2.98. The van der Waals surface area contributed by atoms with Gasteiger partial charge < -0.3 is 9.64 Å². The van der Waals surface area contributed by atoms with Gasteiger partial charge in [0.25, 0.3) is 10.2 Å². The topological polar surface area (TPSA) is 79.0 Å². The molecule has 1 amide bonds. The summed E-state index contributed by atoms with van der Waals surface area (Å²) in [5.41, 5.74) is 0.882. The number of hydrogen-bond acceptors (Lipinski definition) is 4. The first-order valence-electron chi connectivity index (χ1n) is 8.74. The highest BCUT2D eigenvalue weighted by molar-refractivity contribution is 7.87. The SMILES string of the molecule is COc1cccc(CC(=O)N2CC(NS(=O)(=O)N(C)C)C(C(C)C)C2)c1. The van der Waals surface area contributed by atoms with Gasteiger partial charge in [-0.2, -0.15) is 17.4 Å². The van der Waals surface area contributed by atoms with Crippen LogP contribution in [0.2, 0.25) is 0 Å². The molecule has 2 atom stereocenters. The van der Waals surface area contributed by atoms with Crippen molar-refractivity contribution in [3.8, 4) is 5.75 Å². The Morgan fingerprint density at radius 3 is 2.62 bits per heavy atom. The lowest BCUT2D eigenvalue weighted by molar-refractivity contribution is -0.129. The third-order valence-corrected chi connectivity index (χ3v) is 6.41. The fourth-order valence-corrected chi connectivity index (χ4v) is 4.04. The van der Waals surface area contributed by atoms with Crippen molar-refractivity contribution in [2.45, 2.75) is 26.3 Å². The van der Waals surface area contributed by atoms with E-state index in [0.29, 0.717) is 18.8 Å². The molecule has 26 heavy (non-hydrogen) atoms. The molecular weight excluding hydrogens is 354 g/mol. The molecule has 1 aliphatic heterocycles.